The summed E-state index contributed by atoms with van der Waals surface area (Å²) in [4.78, 5) is 5.16. The molecule has 6 heteroatoms. The molecule has 1 atom stereocenters. The summed E-state index contributed by atoms with van der Waals surface area (Å²) in [5.41, 5.74) is 1.19. The van der Waals surface area contributed by atoms with Crippen LogP contribution >= 0.6 is 35.3 Å². The van der Waals surface area contributed by atoms with Gasteiger partial charge in [-0.3, -0.25) is 4.99 Å². The number of rotatable bonds is 5. The molecule has 3 rings (SSSR count). The molecule has 0 saturated carbocycles. The van der Waals surface area contributed by atoms with Gasteiger partial charge in [-0.15, -0.1) is 35.3 Å². The molecule has 0 bridgehead atoms. The Kier molecular flexibility index (Phi) is 7.67. The van der Waals surface area contributed by atoms with E-state index in [9.17, 15) is 5.11 Å². The molecule has 0 saturated heterocycles. The van der Waals surface area contributed by atoms with Gasteiger partial charge < -0.3 is 15.7 Å². The van der Waals surface area contributed by atoms with Gasteiger partial charge in [-0.05, 0) is 23.1 Å². The van der Waals surface area contributed by atoms with Crippen LogP contribution in [0.5, 0.6) is 0 Å². The topological polar surface area (TPSA) is 56.7 Å². The molecule has 132 valence electrons. The zero-order valence-corrected chi connectivity index (χ0v) is 17.1. The number of aliphatic hydroxyl groups is 1. The zero-order chi connectivity index (χ0) is 16.8. The second kappa shape index (κ2) is 9.74. The van der Waals surface area contributed by atoms with E-state index in [2.05, 4.69) is 39.9 Å². The van der Waals surface area contributed by atoms with Gasteiger partial charge in [0, 0.05) is 29.7 Å². The predicted molar refractivity (Wildman–Crippen MR) is 117 cm³/mol. The number of aliphatic imine (C=N–C) groups is 1. The average molecular weight is 467 g/mol. The summed E-state index contributed by atoms with van der Waals surface area (Å²) in [6, 6.07) is 20.4. The number of benzene rings is 2. The Morgan fingerprint density at radius 1 is 1.08 bits per heavy atom. The van der Waals surface area contributed by atoms with Crippen LogP contribution in [0.3, 0.4) is 0 Å². The SMILES string of the molecule is CN=C(NCc1ccccc1)NCC(O)c1cc2ccccc2s1.I. The molecule has 0 spiro atoms. The van der Waals surface area contributed by atoms with E-state index in [4.69, 9.17) is 0 Å². The number of nitrogens with one attached hydrogen (secondary N) is 2. The Balaban J connectivity index is 0.00000225. The largest absolute Gasteiger partial charge is 0.386 e. The first kappa shape index (κ1) is 19.7. The van der Waals surface area contributed by atoms with Crippen molar-refractivity contribution in [2.24, 2.45) is 4.99 Å². The van der Waals surface area contributed by atoms with Crippen molar-refractivity contribution in [3.05, 3.63) is 71.1 Å². The van der Waals surface area contributed by atoms with Crippen LogP contribution in [-0.4, -0.2) is 24.7 Å². The zero-order valence-electron chi connectivity index (χ0n) is 14.0. The monoisotopic (exact) mass is 467 g/mol. The van der Waals surface area contributed by atoms with Crippen LogP contribution in [0.25, 0.3) is 10.1 Å². The summed E-state index contributed by atoms with van der Waals surface area (Å²) in [5.74, 6) is 0.680. The van der Waals surface area contributed by atoms with E-state index in [1.807, 2.05) is 36.4 Å². The van der Waals surface area contributed by atoms with Crippen molar-refractivity contribution in [2.45, 2.75) is 12.6 Å². The summed E-state index contributed by atoms with van der Waals surface area (Å²) >= 11 is 1.62. The molecule has 25 heavy (non-hydrogen) atoms. The molecule has 4 nitrogen and oxygen atoms in total. The molecular weight excluding hydrogens is 445 g/mol. The van der Waals surface area contributed by atoms with Gasteiger partial charge in [0.1, 0.15) is 6.10 Å². The van der Waals surface area contributed by atoms with Gasteiger partial charge in [-0.25, -0.2) is 0 Å². The maximum atomic E-state index is 10.4. The lowest BCUT2D eigenvalue weighted by molar-refractivity contribution is 0.184. The van der Waals surface area contributed by atoms with Crippen LogP contribution in [0.1, 0.15) is 16.5 Å². The van der Waals surface area contributed by atoms with Crippen LogP contribution in [0.4, 0.5) is 0 Å². The van der Waals surface area contributed by atoms with Crippen molar-refractivity contribution < 1.29 is 5.11 Å². The molecule has 2 aromatic carbocycles. The standard InChI is InChI=1S/C19H21N3OS.HI/c1-20-19(21-12-14-7-3-2-4-8-14)22-13-16(23)18-11-15-9-5-6-10-17(15)24-18;/h2-11,16,23H,12-13H2,1H3,(H2,20,21,22);1H. The van der Waals surface area contributed by atoms with Crippen molar-refractivity contribution in [3.63, 3.8) is 0 Å². The first-order valence-corrected chi connectivity index (χ1v) is 8.73. The average Bonchev–Trinajstić information content (AvgIpc) is 3.07. The molecule has 0 radical (unpaired) electrons. The minimum Gasteiger partial charge on any atom is -0.386 e. The fourth-order valence-corrected chi connectivity index (χ4v) is 3.51. The Hall–Kier alpha value is -1.64. The van der Waals surface area contributed by atoms with Crippen molar-refractivity contribution in [3.8, 4) is 0 Å². The first-order valence-electron chi connectivity index (χ1n) is 7.91. The van der Waals surface area contributed by atoms with Gasteiger partial charge in [0.25, 0.3) is 0 Å². The van der Waals surface area contributed by atoms with Crippen molar-refractivity contribution >= 4 is 51.4 Å². The third-order valence-corrected chi connectivity index (χ3v) is 4.98. The lowest BCUT2D eigenvalue weighted by Gasteiger charge is -2.14. The molecule has 0 amide bonds. The van der Waals surface area contributed by atoms with Gasteiger partial charge in [0.2, 0.25) is 0 Å². The molecule has 0 aliphatic heterocycles. The molecule has 0 aliphatic rings. The highest BCUT2D eigenvalue weighted by Gasteiger charge is 2.12. The maximum Gasteiger partial charge on any atom is 0.191 e. The number of nitrogens with zero attached hydrogens (tertiary/aromatic N) is 1. The van der Waals surface area contributed by atoms with Gasteiger partial charge >= 0.3 is 0 Å². The van der Waals surface area contributed by atoms with E-state index in [-0.39, 0.29) is 24.0 Å². The summed E-state index contributed by atoms with van der Waals surface area (Å²) < 4.78 is 1.19. The predicted octanol–water partition coefficient (Wildman–Crippen LogP) is 3.92. The fraction of sp³-hybridized carbons (Fsp3) is 0.211. The number of guanidine groups is 1. The summed E-state index contributed by atoms with van der Waals surface area (Å²) in [6.45, 7) is 1.11. The molecular formula is C19H22IN3OS. The molecule has 3 N–H and O–H groups in total. The van der Waals surface area contributed by atoms with Crippen LogP contribution < -0.4 is 10.6 Å². The molecule has 3 aromatic rings. The van der Waals surface area contributed by atoms with Gasteiger partial charge in [0.05, 0.1) is 0 Å². The Morgan fingerprint density at radius 2 is 1.80 bits per heavy atom. The van der Waals surface area contributed by atoms with E-state index in [0.717, 1.165) is 4.88 Å². The van der Waals surface area contributed by atoms with E-state index in [1.54, 1.807) is 18.4 Å². The van der Waals surface area contributed by atoms with Crippen molar-refractivity contribution in [2.75, 3.05) is 13.6 Å². The van der Waals surface area contributed by atoms with Crippen LogP contribution in [-0.2, 0) is 6.54 Å². The third kappa shape index (κ3) is 5.42. The highest BCUT2D eigenvalue weighted by atomic mass is 127. The Bertz CT molecular complexity index is 787. The highest BCUT2D eigenvalue weighted by molar-refractivity contribution is 14.0. The fourth-order valence-electron chi connectivity index (χ4n) is 2.46. The molecule has 0 aliphatic carbocycles. The summed E-state index contributed by atoms with van der Waals surface area (Å²) in [5, 5.41) is 18.0. The smallest absolute Gasteiger partial charge is 0.191 e. The lowest BCUT2D eigenvalue weighted by atomic mass is 10.2. The molecule has 0 fully saturated rings. The van der Waals surface area contributed by atoms with Gasteiger partial charge in [0.15, 0.2) is 5.96 Å². The van der Waals surface area contributed by atoms with Crippen LogP contribution in [0.2, 0.25) is 0 Å². The van der Waals surface area contributed by atoms with Gasteiger partial charge in [-0.1, -0.05) is 48.5 Å². The van der Waals surface area contributed by atoms with Crippen molar-refractivity contribution in [1.29, 1.82) is 0 Å². The number of hydrogen-bond donors (Lipinski definition) is 3. The Labute approximate surface area is 169 Å². The Morgan fingerprint density at radius 3 is 2.52 bits per heavy atom. The number of fused-ring (bicyclic) bond motifs is 1. The van der Waals surface area contributed by atoms with Crippen molar-refractivity contribution in [1.82, 2.24) is 10.6 Å². The van der Waals surface area contributed by atoms with E-state index >= 15 is 0 Å². The van der Waals surface area contributed by atoms with E-state index in [1.165, 1.54) is 15.6 Å². The first-order chi connectivity index (χ1) is 11.8. The minimum absolute atomic E-state index is 0. The van der Waals surface area contributed by atoms with E-state index < -0.39 is 6.10 Å². The summed E-state index contributed by atoms with van der Waals surface area (Å²) in [7, 11) is 1.73. The van der Waals surface area contributed by atoms with Gasteiger partial charge in [-0.2, -0.15) is 0 Å². The number of hydrogen-bond acceptors (Lipinski definition) is 3. The highest BCUT2D eigenvalue weighted by Crippen LogP contribution is 2.29. The second-order valence-electron chi connectivity index (χ2n) is 5.49. The number of thiophene rings is 1. The van der Waals surface area contributed by atoms with Crippen LogP contribution in [0.15, 0.2) is 65.7 Å². The third-order valence-electron chi connectivity index (χ3n) is 3.76. The lowest BCUT2D eigenvalue weighted by Crippen LogP contribution is -2.38. The van der Waals surface area contributed by atoms with E-state index in [0.29, 0.717) is 19.0 Å². The number of halogens is 1. The maximum absolute atomic E-state index is 10.4. The molecule has 1 aromatic heterocycles. The number of aliphatic hydroxyl groups excluding tert-OH is 1. The quantitative estimate of drug-likeness (QED) is 0.303. The van der Waals surface area contributed by atoms with Crippen LogP contribution in [0, 0.1) is 0 Å². The minimum atomic E-state index is -0.558. The summed E-state index contributed by atoms with van der Waals surface area (Å²) in [6.07, 6.45) is -0.558. The molecule has 1 unspecified atom stereocenters. The second-order valence-corrected chi connectivity index (χ2v) is 6.61. The molecule has 1 heterocycles. The normalized spacial score (nSPS) is 12.5.